The molecule has 0 aliphatic carbocycles. The number of piperidine rings is 1. The van der Waals surface area contributed by atoms with Crippen LogP contribution < -0.4 is 0 Å². The maximum absolute atomic E-state index is 12.2. The molecule has 1 aromatic heterocycles. The van der Waals surface area contributed by atoms with Crippen molar-refractivity contribution < 1.29 is 19.4 Å². The van der Waals surface area contributed by atoms with Crippen molar-refractivity contribution in [3.05, 3.63) is 21.9 Å². The van der Waals surface area contributed by atoms with E-state index in [1.807, 2.05) is 0 Å². The van der Waals surface area contributed by atoms with E-state index in [0.717, 1.165) is 0 Å². The first-order valence-electron chi connectivity index (χ1n) is 6.64. The highest BCUT2D eigenvalue weighted by Crippen LogP contribution is 2.24. The van der Waals surface area contributed by atoms with Crippen molar-refractivity contribution in [1.82, 2.24) is 9.88 Å². The number of aromatic amines is 1. The standard InChI is InChI=1S/C13H16Cl2N2O4/c14-9-7-10(16-12(9)15)13(20)17-4-1-8(2-5-17)21-6-3-11(18)19/h7-8,16H,1-6H2,(H,18,19). The second-order valence-electron chi connectivity index (χ2n) is 4.85. The van der Waals surface area contributed by atoms with Crippen molar-refractivity contribution in [2.24, 2.45) is 0 Å². The summed E-state index contributed by atoms with van der Waals surface area (Å²) in [6.07, 6.45) is 1.38. The van der Waals surface area contributed by atoms with Crippen LogP contribution in [0, 0.1) is 0 Å². The zero-order chi connectivity index (χ0) is 15.4. The molecule has 0 saturated carbocycles. The fraction of sp³-hybridized carbons (Fsp3) is 0.538. The largest absolute Gasteiger partial charge is 0.481 e. The summed E-state index contributed by atoms with van der Waals surface area (Å²) in [7, 11) is 0. The Balaban J connectivity index is 1.80. The van der Waals surface area contributed by atoms with Gasteiger partial charge in [0.05, 0.1) is 24.2 Å². The molecule has 6 nitrogen and oxygen atoms in total. The lowest BCUT2D eigenvalue weighted by molar-refractivity contribution is -0.138. The summed E-state index contributed by atoms with van der Waals surface area (Å²) in [6.45, 7) is 1.32. The van der Waals surface area contributed by atoms with E-state index in [1.54, 1.807) is 4.90 Å². The molecule has 1 aliphatic rings. The molecule has 2 rings (SSSR count). The van der Waals surface area contributed by atoms with Crippen LogP contribution in [0.2, 0.25) is 10.2 Å². The normalized spacial score (nSPS) is 16.2. The van der Waals surface area contributed by atoms with E-state index in [1.165, 1.54) is 6.07 Å². The molecule has 8 heteroatoms. The highest BCUT2D eigenvalue weighted by atomic mass is 35.5. The first-order chi connectivity index (χ1) is 9.97. The van der Waals surface area contributed by atoms with Crippen LogP contribution in [0.25, 0.3) is 0 Å². The Morgan fingerprint density at radius 3 is 2.57 bits per heavy atom. The molecule has 21 heavy (non-hydrogen) atoms. The molecule has 0 bridgehead atoms. The van der Waals surface area contributed by atoms with Gasteiger partial charge in [-0.3, -0.25) is 9.59 Å². The number of likely N-dealkylation sites (tertiary alicyclic amines) is 1. The first kappa shape index (κ1) is 16.1. The molecule has 0 spiro atoms. The molecule has 1 saturated heterocycles. The Morgan fingerprint density at radius 2 is 2.05 bits per heavy atom. The van der Waals surface area contributed by atoms with Crippen LogP contribution in [0.1, 0.15) is 29.8 Å². The van der Waals surface area contributed by atoms with Gasteiger partial charge in [0.25, 0.3) is 5.91 Å². The van der Waals surface area contributed by atoms with Gasteiger partial charge in [0, 0.05) is 13.1 Å². The molecule has 1 fully saturated rings. The van der Waals surface area contributed by atoms with Gasteiger partial charge in [0.2, 0.25) is 0 Å². The van der Waals surface area contributed by atoms with Crippen LogP contribution in [-0.2, 0) is 9.53 Å². The van der Waals surface area contributed by atoms with Crippen molar-refractivity contribution in [2.45, 2.75) is 25.4 Å². The Kier molecular flexibility index (Phi) is 5.50. The summed E-state index contributed by atoms with van der Waals surface area (Å²) in [5.41, 5.74) is 0.371. The number of carboxylic acids is 1. The van der Waals surface area contributed by atoms with Gasteiger partial charge in [-0.25, -0.2) is 0 Å². The van der Waals surface area contributed by atoms with E-state index in [0.29, 0.717) is 36.6 Å². The summed E-state index contributed by atoms with van der Waals surface area (Å²) in [5, 5.41) is 9.13. The van der Waals surface area contributed by atoms with Crippen molar-refractivity contribution in [3.63, 3.8) is 0 Å². The maximum Gasteiger partial charge on any atom is 0.305 e. The van der Waals surface area contributed by atoms with Crippen LogP contribution in [0.15, 0.2) is 6.07 Å². The second kappa shape index (κ2) is 7.15. The lowest BCUT2D eigenvalue weighted by Crippen LogP contribution is -2.41. The Morgan fingerprint density at radius 1 is 1.38 bits per heavy atom. The molecular formula is C13H16Cl2N2O4. The average molecular weight is 335 g/mol. The minimum atomic E-state index is -0.872. The number of carbonyl (C=O) groups is 2. The number of halogens is 2. The smallest absolute Gasteiger partial charge is 0.305 e. The Hall–Kier alpha value is -1.24. The quantitative estimate of drug-likeness (QED) is 0.866. The number of ether oxygens (including phenoxy) is 1. The van der Waals surface area contributed by atoms with Gasteiger partial charge in [-0.05, 0) is 18.9 Å². The van der Waals surface area contributed by atoms with Crippen LogP contribution in [0.4, 0.5) is 0 Å². The van der Waals surface area contributed by atoms with Gasteiger partial charge in [0.1, 0.15) is 10.8 Å². The van der Waals surface area contributed by atoms with E-state index < -0.39 is 5.97 Å². The first-order valence-corrected chi connectivity index (χ1v) is 7.39. The third-order valence-corrected chi connectivity index (χ3v) is 4.05. The number of rotatable bonds is 5. The van der Waals surface area contributed by atoms with Crippen LogP contribution in [-0.4, -0.2) is 52.7 Å². The molecule has 1 aromatic rings. The van der Waals surface area contributed by atoms with E-state index in [-0.39, 0.29) is 30.2 Å². The molecule has 2 N–H and O–H groups in total. The molecule has 0 unspecified atom stereocenters. The summed E-state index contributed by atoms with van der Waals surface area (Å²) < 4.78 is 5.48. The van der Waals surface area contributed by atoms with Gasteiger partial charge in [-0.1, -0.05) is 23.2 Å². The molecule has 116 valence electrons. The van der Waals surface area contributed by atoms with Gasteiger partial charge < -0.3 is 19.7 Å². The van der Waals surface area contributed by atoms with Gasteiger partial charge in [-0.15, -0.1) is 0 Å². The minimum absolute atomic E-state index is 0.00137. The number of carboxylic acid groups (broad SMARTS) is 1. The molecular weight excluding hydrogens is 319 g/mol. The van der Waals surface area contributed by atoms with Crippen molar-refractivity contribution in [3.8, 4) is 0 Å². The predicted octanol–water partition coefficient (Wildman–Crippen LogP) is 2.42. The van der Waals surface area contributed by atoms with Crippen LogP contribution >= 0.6 is 23.2 Å². The topological polar surface area (TPSA) is 82.6 Å². The zero-order valence-electron chi connectivity index (χ0n) is 11.3. The van der Waals surface area contributed by atoms with Gasteiger partial charge >= 0.3 is 5.97 Å². The molecule has 1 aliphatic heterocycles. The van der Waals surface area contributed by atoms with E-state index in [2.05, 4.69) is 4.98 Å². The number of H-pyrrole nitrogens is 1. The maximum atomic E-state index is 12.2. The number of hydrogen-bond donors (Lipinski definition) is 2. The number of carbonyl (C=O) groups excluding carboxylic acids is 1. The van der Waals surface area contributed by atoms with Crippen molar-refractivity contribution >= 4 is 35.1 Å². The third kappa shape index (κ3) is 4.36. The summed E-state index contributed by atoms with van der Waals surface area (Å²) in [5.74, 6) is -1.02. The van der Waals surface area contributed by atoms with E-state index in [4.69, 9.17) is 33.0 Å². The third-order valence-electron chi connectivity index (χ3n) is 3.35. The lowest BCUT2D eigenvalue weighted by atomic mass is 10.1. The Labute approximate surface area is 132 Å². The minimum Gasteiger partial charge on any atom is -0.481 e. The summed E-state index contributed by atoms with van der Waals surface area (Å²) >= 11 is 11.6. The van der Waals surface area contributed by atoms with Gasteiger partial charge in [0.15, 0.2) is 0 Å². The summed E-state index contributed by atoms with van der Waals surface area (Å²) in [6, 6.07) is 1.52. The molecule has 0 radical (unpaired) electrons. The number of aromatic nitrogens is 1. The number of hydrogen-bond acceptors (Lipinski definition) is 3. The Bertz CT molecular complexity index is 505. The highest BCUT2D eigenvalue weighted by Gasteiger charge is 2.25. The molecule has 0 atom stereocenters. The number of amides is 1. The average Bonchev–Trinajstić information content (AvgIpc) is 2.78. The van der Waals surface area contributed by atoms with E-state index in [9.17, 15) is 9.59 Å². The number of aliphatic carboxylic acids is 1. The van der Waals surface area contributed by atoms with Crippen molar-refractivity contribution in [1.29, 1.82) is 0 Å². The fourth-order valence-corrected chi connectivity index (χ4v) is 2.54. The van der Waals surface area contributed by atoms with Crippen LogP contribution in [0.3, 0.4) is 0 Å². The SMILES string of the molecule is O=C(O)CCOC1CCN(C(=O)c2cc(Cl)c(Cl)[nH]2)CC1. The highest BCUT2D eigenvalue weighted by molar-refractivity contribution is 6.41. The predicted molar refractivity (Wildman–Crippen MR) is 77.9 cm³/mol. The second-order valence-corrected chi connectivity index (χ2v) is 5.64. The molecule has 0 aromatic carbocycles. The number of nitrogens with one attached hydrogen (secondary N) is 1. The molecule has 2 heterocycles. The zero-order valence-corrected chi connectivity index (χ0v) is 12.8. The van der Waals surface area contributed by atoms with E-state index >= 15 is 0 Å². The monoisotopic (exact) mass is 334 g/mol. The van der Waals surface area contributed by atoms with Crippen LogP contribution in [0.5, 0.6) is 0 Å². The molecule has 1 amide bonds. The number of nitrogens with zero attached hydrogens (tertiary/aromatic N) is 1. The van der Waals surface area contributed by atoms with Crippen molar-refractivity contribution in [2.75, 3.05) is 19.7 Å². The summed E-state index contributed by atoms with van der Waals surface area (Å²) in [4.78, 5) is 27.1. The lowest BCUT2D eigenvalue weighted by Gasteiger charge is -2.31. The fourth-order valence-electron chi connectivity index (χ4n) is 2.23. The van der Waals surface area contributed by atoms with Gasteiger partial charge in [-0.2, -0.15) is 0 Å².